The summed E-state index contributed by atoms with van der Waals surface area (Å²) in [5.41, 5.74) is 11.0. The van der Waals surface area contributed by atoms with E-state index >= 15 is 0 Å². The molecule has 0 spiro atoms. The monoisotopic (exact) mass is 209 g/mol. The van der Waals surface area contributed by atoms with Crippen molar-refractivity contribution in [2.75, 3.05) is 6.61 Å². The highest BCUT2D eigenvalue weighted by Gasteiger charge is 1.88. The first-order chi connectivity index (χ1) is 7.18. The van der Waals surface area contributed by atoms with Crippen molar-refractivity contribution in [2.45, 2.75) is 0 Å². The lowest BCUT2D eigenvalue weighted by molar-refractivity contribution is 0.174. The van der Waals surface area contributed by atoms with E-state index in [0.29, 0.717) is 0 Å². The molecule has 1 aromatic rings. The molecule has 0 unspecified atom stereocenters. The molecule has 1 aromatic carbocycles. The highest BCUT2D eigenvalue weighted by Crippen LogP contribution is 2.04. The van der Waals surface area contributed by atoms with E-state index in [1.165, 1.54) is 12.1 Å². The molecule has 1 rings (SSSR count). The van der Waals surface area contributed by atoms with Gasteiger partial charge in [0, 0.05) is 0 Å². The van der Waals surface area contributed by atoms with E-state index in [0.717, 1.165) is 5.56 Å². The van der Waals surface area contributed by atoms with Crippen molar-refractivity contribution in [2.24, 2.45) is 16.6 Å². The molecule has 80 valence electrons. The lowest BCUT2D eigenvalue weighted by Crippen LogP contribution is -2.22. The molecule has 0 aromatic heterocycles. The minimum Gasteiger partial charge on any atom is -0.389 e. The molecule has 0 heterocycles. The van der Waals surface area contributed by atoms with Crippen LogP contribution in [0.25, 0.3) is 6.08 Å². The van der Waals surface area contributed by atoms with Crippen molar-refractivity contribution in [1.29, 1.82) is 0 Å². The average Bonchev–Trinajstić information content (AvgIpc) is 2.20. The molecule has 0 saturated heterocycles. The summed E-state index contributed by atoms with van der Waals surface area (Å²) in [7, 11) is 0. The number of hydrogen-bond donors (Lipinski definition) is 2. The van der Waals surface area contributed by atoms with Crippen LogP contribution in [0.1, 0.15) is 5.56 Å². The molecular formula is C10H12FN3O. The van der Waals surface area contributed by atoms with Crippen molar-refractivity contribution >= 4 is 12.0 Å². The van der Waals surface area contributed by atoms with E-state index in [-0.39, 0.29) is 18.4 Å². The molecule has 0 amide bonds. The Hall–Kier alpha value is -2.04. The van der Waals surface area contributed by atoms with Crippen LogP contribution in [0.15, 0.2) is 35.5 Å². The second-order valence-corrected chi connectivity index (χ2v) is 2.77. The molecule has 0 atom stereocenters. The number of oxime groups is 1. The molecule has 4 nitrogen and oxygen atoms in total. The van der Waals surface area contributed by atoms with Gasteiger partial charge < -0.3 is 16.3 Å². The number of rotatable bonds is 4. The van der Waals surface area contributed by atoms with Gasteiger partial charge in [-0.3, -0.25) is 0 Å². The summed E-state index contributed by atoms with van der Waals surface area (Å²) in [5, 5.41) is 3.33. The summed E-state index contributed by atoms with van der Waals surface area (Å²) in [6, 6.07) is 6.09. The summed E-state index contributed by atoms with van der Waals surface area (Å²) >= 11 is 0. The van der Waals surface area contributed by atoms with Crippen LogP contribution in [0.3, 0.4) is 0 Å². The molecule has 0 aliphatic rings. The summed E-state index contributed by atoms with van der Waals surface area (Å²) in [6.45, 7) is 0.259. The smallest absolute Gasteiger partial charge is 0.228 e. The maximum Gasteiger partial charge on any atom is 0.228 e. The number of halogens is 1. The molecule has 15 heavy (non-hydrogen) atoms. The van der Waals surface area contributed by atoms with Gasteiger partial charge in [-0.05, 0) is 28.9 Å². The number of nitrogens with two attached hydrogens (primary N) is 2. The van der Waals surface area contributed by atoms with Gasteiger partial charge in [-0.1, -0.05) is 18.2 Å². The minimum atomic E-state index is -0.260. The van der Waals surface area contributed by atoms with Crippen molar-refractivity contribution in [3.8, 4) is 0 Å². The summed E-state index contributed by atoms with van der Waals surface area (Å²) < 4.78 is 12.5. The van der Waals surface area contributed by atoms with Crippen LogP contribution >= 0.6 is 0 Å². The zero-order valence-electron chi connectivity index (χ0n) is 8.06. The van der Waals surface area contributed by atoms with Crippen LogP contribution in [-0.2, 0) is 4.84 Å². The first-order valence-corrected chi connectivity index (χ1v) is 4.31. The van der Waals surface area contributed by atoms with Crippen molar-refractivity contribution < 1.29 is 9.23 Å². The normalized spacial score (nSPS) is 10.2. The van der Waals surface area contributed by atoms with E-state index in [1.54, 1.807) is 24.3 Å². The van der Waals surface area contributed by atoms with Gasteiger partial charge >= 0.3 is 0 Å². The van der Waals surface area contributed by atoms with E-state index < -0.39 is 0 Å². The number of guanidine groups is 1. The molecule has 0 radical (unpaired) electrons. The van der Waals surface area contributed by atoms with Crippen LogP contribution in [0.4, 0.5) is 4.39 Å². The van der Waals surface area contributed by atoms with Crippen molar-refractivity contribution in [1.82, 2.24) is 0 Å². The van der Waals surface area contributed by atoms with Crippen LogP contribution in [0, 0.1) is 5.82 Å². The molecule has 4 N–H and O–H groups in total. The fourth-order valence-electron chi connectivity index (χ4n) is 0.913. The van der Waals surface area contributed by atoms with Gasteiger partial charge in [-0.15, -0.1) is 0 Å². The lowest BCUT2D eigenvalue weighted by atomic mass is 10.2. The number of hydrogen-bond acceptors (Lipinski definition) is 2. The Morgan fingerprint density at radius 1 is 1.33 bits per heavy atom. The Morgan fingerprint density at radius 3 is 2.60 bits per heavy atom. The first kappa shape index (κ1) is 11.0. The second kappa shape index (κ2) is 5.64. The molecule has 5 heteroatoms. The predicted molar refractivity (Wildman–Crippen MR) is 57.2 cm³/mol. The number of nitrogens with zero attached hydrogens (tertiary/aromatic N) is 1. The fraction of sp³-hybridized carbons (Fsp3) is 0.100. The molecular weight excluding hydrogens is 197 g/mol. The molecule has 0 bridgehead atoms. The maximum atomic E-state index is 12.5. The van der Waals surface area contributed by atoms with Crippen LogP contribution in [-0.4, -0.2) is 12.6 Å². The standard InChI is InChI=1S/C10H12FN3O/c11-9-5-3-8(4-6-9)2-1-7-15-14-10(12)13/h1-6H,7H2,(H4,12,13,14)/b2-1+. The maximum absolute atomic E-state index is 12.5. The summed E-state index contributed by atoms with van der Waals surface area (Å²) in [4.78, 5) is 4.72. The van der Waals surface area contributed by atoms with Crippen molar-refractivity contribution in [3.63, 3.8) is 0 Å². The summed E-state index contributed by atoms with van der Waals surface area (Å²) in [5.74, 6) is -0.380. The zero-order chi connectivity index (χ0) is 11.1. The van der Waals surface area contributed by atoms with E-state index in [2.05, 4.69) is 5.16 Å². The highest BCUT2D eigenvalue weighted by molar-refractivity contribution is 5.74. The average molecular weight is 209 g/mol. The third-order valence-corrected chi connectivity index (χ3v) is 1.52. The van der Waals surface area contributed by atoms with Crippen LogP contribution < -0.4 is 11.5 Å². The Morgan fingerprint density at radius 2 is 2.00 bits per heavy atom. The first-order valence-electron chi connectivity index (χ1n) is 4.31. The Labute approximate surface area is 87.0 Å². The Bertz CT molecular complexity index is 355. The van der Waals surface area contributed by atoms with Crippen molar-refractivity contribution in [3.05, 3.63) is 41.7 Å². The van der Waals surface area contributed by atoms with E-state index in [9.17, 15) is 4.39 Å². The summed E-state index contributed by atoms with van der Waals surface area (Å²) in [6.07, 6.45) is 3.50. The van der Waals surface area contributed by atoms with Gasteiger partial charge in [0.15, 0.2) is 0 Å². The quantitative estimate of drug-likeness (QED) is 0.337. The Balaban J connectivity index is 2.38. The molecule has 0 aliphatic heterocycles. The van der Waals surface area contributed by atoms with Gasteiger partial charge in [0.1, 0.15) is 12.4 Å². The second-order valence-electron chi connectivity index (χ2n) is 2.77. The van der Waals surface area contributed by atoms with Crippen LogP contribution in [0.2, 0.25) is 0 Å². The predicted octanol–water partition coefficient (Wildman–Crippen LogP) is 1.04. The van der Waals surface area contributed by atoms with E-state index in [4.69, 9.17) is 16.3 Å². The van der Waals surface area contributed by atoms with Gasteiger partial charge in [-0.2, -0.15) is 0 Å². The fourth-order valence-corrected chi connectivity index (χ4v) is 0.913. The topological polar surface area (TPSA) is 73.6 Å². The zero-order valence-corrected chi connectivity index (χ0v) is 8.06. The SMILES string of the molecule is NC(N)=NOC/C=C/c1ccc(F)cc1. The lowest BCUT2D eigenvalue weighted by Gasteiger charge is -1.94. The van der Waals surface area contributed by atoms with E-state index in [1.807, 2.05) is 0 Å². The third-order valence-electron chi connectivity index (χ3n) is 1.52. The Kier molecular flexibility index (Phi) is 4.15. The van der Waals surface area contributed by atoms with Gasteiger partial charge in [-0.25, -0.2) is 4.39 Å². The third kappa shape index (κ3) is 4.66. The van der Waals surface area contributed by atoms with Crippen LogP contribution in [0.5, 0.6) is 0 Å². The minimum absolute atomic E-state index is 0.120. The largest absolute Gasteiger partial charge is 0.389 e. The molecule has 0 fully saturated rings. The molecule has 0 saturated carbocycles. The van der Waals surface area contributed by atoms with Gasteiger partial charge in [0.05, 0.1) is 0 Å². The number of benzene rings is 1. The van der Waals surface area contributed by atoms with Gasteiger partial charge in [0.2, 0.25) is 5.96 Å². The van der Waals surface area contributed by atoms with Gasteiger partial charge in [0.25, 0.3) is 0 Å². The molecule has 0 aliphatic carbocycles. The highest BCUT2D eigenvalue weighted by atomic mass is 19.1.